The van der Waals surface area contributed by atoms with Crippen LogP contribution in [0.5, 0.6) is 0 Å². The van der Waals surface area contributed by atoms with Gasteiger partial charge in [0, 0.05) is 26.2 Å². The van der Waals surface area contributed by atoms with Crippen molar-refractivity contribution >= 4 is 17.8 Å². The van der Waals surface area contributed by atoms with Gasteiger partial charge in [0.1, 0.15) is 5.82 Å². The summed E-state index contributed by atoms with van der Waals surface area (Å²) >= 11 is 0. The van der Waals surface area contributed by atoms with Gasteiger partial charge in [-0.25, -0.2) is 4.39 Å². The molecule has 29 heavy (non-hydrogen) atoms. The number of piperidine rings is 1. The molecule has 0 spiro atoms. The first-order valence-electron chi connectivity index (χ1n) is 10.2. The fourth-order valence-corrected chi connectivity index (χ4v) is 3.26. The third-order valence-corrected chi connectivity index (χ3v) is 4.65. The Balaban J connectivity index is 1.82. The maximum absolute atomic E-state index is 12.9. The molecule has 2 rings (SSSR count). The molecule has 1 amide bonds. The average Bonchev–Trinajstić information content (AvgIpc) is 2.72. The number of carbonyl (C=O) groups excluding carboxylic acids is 2. The first-order chi connectivity index (χ1) is 14.0. The van der Waals surface area contributed by atoms with E-state index in [4.69, 9.17) is 4.74 Å². The fourth-order valence-electron chi connectivity index (χ4n) is 3.26. The van der Waals surface area contributed by atoms with Crippen LogP contribution in [0, 0.1) is 11.7 Å². The topological polar surface area (TPSA) is 83.0 Å². The highest BCUT2D eigenvalue weighted by molar-refractivity contribution is 5.81. The van der Waals surface area contributed by atoms with Crippen LogP contribution in [0.3, 0.4) is 0 Å². The largest absolute Gasteiger partial charge is 0.466 e. The average molecular weight is 407 g/mol. The molecule has 0 radical (unpaired) electrons. The number of ether oxygens (including phenoxy) is 1. The lowest BCUT2D eigenvalue weighted by molar-refractivity contribution is -0.149. The molecule has 7 nitrogen and oxygen atoms in total. The second kappa shape index (κ2) is 12.0. The summed E-state index contributed by atoms with van der Waals surface area (Å²) in [6, 6.07) is 5.90. The lowest BCUT2D eigenvalue weighted by Crippen LogP contribution is -2.48. The van der Waals surface area contributed by atoms with E-state index in [-0.39, 0.29) is 30.0 Å². The molecular weight excluding hydrogens is 375 g/mol. The van der Waals surface area contributed by atoms with Gasteiger partial charge in [0.2, 0.25) is 5.91 Å². The number of nitrogens with zero attached hydrogens (tertiary/aromatic N) is 2. The van der Waals surface area contributed by atoms with Crippen molar-refractivity contribution in [2.45, 2.75) is 33.1 Å². The van der Waals surface area contributed by atoms with E-state index in [0.29, 0.717) is 26.2 Å². The molecular formula is C21H31FN4O3. The third kappa shape index (κ3) is 7.71. The SMILES string of the molecule is CCNC(=NCCNC(=O)Cc1ccc(F)cc1)N1CCCC(C(=O)OCC)C1. The van der Waals surface area contributed by atoms with E-state index in [1.807, 2.05) is 13.8 Å². The Labute approximate surface area is 171 Å². The van der Waals surface area contributed by atoms with E-state index in [0.717, 1.165) is 37.5 Å². The normalized spacial score (nSPS) is 17.0. The number of rotatable bonds is 8. The quantitative estimate of drug-likeness (QED) is 0.297. The highest BCUT2D eigenvalue weighted by Gasteiger charge is 2.28. The van der Waals surface area contributed by atoms with Gasteiger partial charge in [-0.1, -0.05) is 12.1 Å². The number of hydrogen-bond acceptors (Lipinski definition) is 4. The minimum absolute atomic E-state index is 0.128. The van der Waals surface area contributed by atoms with Crippen LogP contribution in [0.2, 0.25) is 0 Å². The van der Waals surface area contributed by atoms with E-state index in [9.17, 15) is 14.0 Å². The van der Waals surface area contributed by atoms with Gasteiger partial charge in [0.05, 0.1) is 25.5 Å². The summed E-state index contributed by atoms with van der Waals surface area (Å²) < 4.78 is 18.1. The number of amides is 1. The van der Waals surface area contributed by atoms with Gasteiger partial charge in [-0.15, -0.1) is 0 Å². The van der Waals surface area contributed by atoms with Crippen molar-refractivity contribution in [2.75, 3.05) is 39.3 Å². The molecule has 1 aliphatic heterocycles. The van der Waals surface area contributed by atoms with Crippen LogP contribution in [0.25, 0.3) is 0 Å². The molecule has 8 heteroatoms. The number of benzene rings is 1. The van der Waals surface area contributed by atoms with Gasteiger partial charge in [-0.05, 0) is 44.4 Å². The van der Waals surface area contributed by atoms with Crippen molar-refractivity contribution in [2.24, 2.45) is 10.9 Å². The molecule has 1 fully saturated rings. The molecule has 2 N–H and O–H groups in total. The summed E-state index contributed by atoms with van der Waals surface area (Å²) in [7, 11) is 0. The maximum atomic E-state index is 12.9. The molecule has 1 aromatic rings. The molecule has 1 heterocycles. The van der Waals surface area contributed by atoms with Crippen LogP contribution in [0.4, 0.5) is 4.39 Å². The summed E-state index contributed by atoms with van der Waals surface area (Å²) in [5, 5.41) is 6.08. The molecule has 0 aromatic heterocycles. The number of hydrogen-bond donors (Lipinski definition) is 2. The van der Waals surface area contributed by atoms with Crippen LogP contribution < -0.4 is 10.6 Å². The summed E-state index contributed by atoms with van der Waals surface area (Å²) in [5.41, 5.74) is 0.763. The number of esters is 1. The predicted molar refractivity (Wildman–Crippen MR) is 110 cm³/mol. The van der Waals surface area contributed by atoms with Gasteiger partial charge in [-0.3, -0.25) is 14.6 Å². The number of aliphatic imine (C=N–C) groups is 1. The molecule has 1 aliphatic rings. The zero-order chi connectivity index (χ0) is 21.1. The van der Waals surface area contributed by atoms with Crippen LogP contribution >= 0.6 is 0 Å². The van der Waals surface area contributed by atoms with Crippen molar-refractivity contribution in [3.05, 3.63) is 35.6 Å². The Hall–Kier alpha value is -2.64. The standard InChI is InChI=1S/C21H31FN4O3/c1-3-23-21(26-13-5-6-17(15-26)20(28)29-4-2)25-12-11-24-19(27)14-16-7-9-18(22)10-8-16/h7-10,17H,3-6,11-15H2,1-2H3,(H,23,25)(H,24,27). The lowest BCUT2D eigenvalue weighted by Gasteiger charge is -2.34. The Kier molecular flexibility index (Phi) is 9.40. The zero-order valence-electron chi connectivity index (χ0n) is 17.2. The molecule has 0 saturated carbocycles. The van der Waals surface area contributed by atoms with Crippen molar-refractivity contribution in [3.63, 3.8) is 0 Å². The van der Waals surface area contributed by atoms with Gasteiger partial charge >= 0.3 is 5.97 Å². The van der Waals surface area contributed by atoms with Gasteiger partial charge < -0.3 is 20.3 Å². The number of likely N-dealkylation sites (tertiary alicyclic amines) is 1. The first kappa shape index (κ1) is 22.6. The molecule has 1 unspecified atom stereocenters. The summed E-state index contributed by atoms with van der Waals surface area (Å²) in [4.78, 5) is 30.7. The van der Waals surface area contributed by atoms with Gasteiger partial charge in [0.15, 0.2) is 5.96 Å². The predicted octanol–water partition coefficient (Wildman–Crippen LogP) is 1.72. The second-order valence-electron chi connectivity index (χ2n) is 6.93. The zero-order valence-corrected chi connectivity index (χ0v) is 17.2. The van der Waals surface area contributed by atoms with Crippen molar-refractivity contribution in [1.29, 1.82) is 0 Å². The van der Waals surface area contributed by atoms with Crippen molar-refractivity contribution in [3.8, 4) is 0 Å². The van der Waals surface area contributed by atoms with Crippen LogP contribution in [0.15, 0.2) is 29.3 Å². The molecule has 1 aromatic carbocycles. The maximum Gasteiger partial charge on any atom is 0.310 e. The van der Waals surface area contributed by atoms with Crippen molar-refractivity contribution in [1.82, 2.24) is 15.5 Å². The van der Waals surface area contributed by atoms with E-state index < -0.39 is 0 Å². The number of carbonyl (C=O) groups is 2. The first-order valence-corrected chi connectivity index (χ1v) is 10.2. The van der Waals surface area contributed by atoms with Crippen LogP contribution in [-0.2, 0) is 20.7 Å². The molecule has 1 atom stereocenters. The molecule has 0 bridgehead atoms. The Morgan fingerprint density at radius 1 is 1.24 bits per heavy atom. The highest BCUT2D eigenvalue weighted by Crippen LogP contribution is 2.18. The molecule has 0 aliphatic carbocycles. The minimum atomic E-state index is -0.317. The lowest BCUT2D eigenvalue weighted by atomic mass is 9.98. The van der Waals surface area contributed by atoms with E-state index in [1.54, 1.807) is 12.1 Å². The third-order valence-electron chi connectivity index (χ3n) is 4.65. The Morgan fingerprint density at radius 2 is 2.00 bits per heavy atom. The fraction of sp³-hybridized carbons (Fsp3) is 0.571. The van der Waals surface area contributed by atoms with Crippen LogP contribution in [-0.4, -0.2) is 62.1 Å². The van der Waals surface area contributed by atoms with Crippen molar-refractivity contribution < 1.29 is 18.7 Å². The smallest absolute Gasteiger partial charge is 0.310 e. The second-order valence-corrected chi connectivity index (χ2v) is 6.93. The number of halogens is 1. The van der Waals surface area contributed by atoms with Gasteiger partial charge in [0.25, 0.3) is 0 Å². The monoisotopic (exact) mass is 406 g/mol. The summed E-state index contributed by atoms with van der Waals surface area (Å²) in [6.45, 7) is 7.17. The number of guanidine groups is 1. The molecule has 1 saturated heterocycles. The minimum Gasteiger partial charge on any atom is -0.466 e. The summed E-state index contributed by atoms with van der Waals surface area (Å²) in [5.74, 6) is 0.0119. The van der Waals surface area contributed by atoms with E-state index in [2.05, 4.69) is 20.5 Å². The molecule has 160 valence electrons. The number of nitrogens with one attached hydrogen (secondary N) is 2. The Morgan fingerprint density at radius 3 is 2.69 bits per heavy atom. The van der Waals surface area contributed by atoms with Gasteiger partial charge in [-0.2, -0.15) is 0 Å². The summed E-state index contributed by atoms with van der Waals surface area (Å²) in [6.07, 6.45) is 1.94. The Bertz CT molecular complexity index is 694. The highest BCUT2D eigenvalue weighted by atomic mass is 19.1. The van der Waals surface area contributed by atoms with E-state index >= 15 is 0 Å². The van der Waals surface area contributed by atoms with Crippen LogP contribution in [0.1, 0.15) is 32.3 Å². The van der Waals surface area contributed by atoms with E-state index in [1.165, 1.54) is 12.1 Å².